The Morgan fingerprint density at radius 2 is 2.13 bits per heavy atom. The van der Waals surface area contributed by atoms with E-state index < -0.39 is 0 Å². The number of hydrogen-bond donors (Lipinski definition) is 1. The topological polar surface area (TPSA) is 21.3 Å². The Kier molecular flexibility index (Phi) is 6.69. The second-order valence-corrected chi connectivity index (χ2v) is 5.61. The molecular formula is C12H25NOS. The number of ether oxygens (including phenoxy) is 1. The van der Waals surface area contributed by atoms with Gasteiger partial charge in [0.1, 0.15) is 0 Å². The summed E-state index contributed by atoms with van der Waals surface area (Å²) in [5.41, 5.74) is 0.607. The quantitative estimate of drug-likeness (QED) is 0.584. The number of nitrogens with one attached hydrogen (secondary N) is 1. The van der Waals surface area contributed by atoms with Gasteiger partial charge in [0, 0.05) is 20.3 Å². The van der Waals surface area contributed by atoms with Gasteiger partial charge >= 0.3 is 0 Å². The minimum absolute atomic E-state index is 0.607. The van der Waals surface area contributed by atoms with E-state index in [-0.39, 0.29) is 0 Å². The van der Waals surface area contributed by atoms with Crippen LogP contribution in [0.15, 0.2) is 0 Å². The van der Waals surface area contributed by atoms with Crippen LogP contribution in [0.25, 0.3) is 0 Å². The van der Waals surface area contributed by atoms with E-state index in [0.717, 1.165) is 6.61 Å². The second-order valence-electron chi connectivity index (χ2n) is 4.62. The minimum atomic E-state index is 0.607. The van der Waals surface area contributed by atoms with Crippen molar-refractivity contribution in [2.24, 2.45) is 5.41 Å². The van der Waals surface area contributed by atoms with E-state index in [0.29, 0.717) is 5.41 Å². The van der Waals surface area contributed by atoms with Crippen LogP contribution in [0.4, 0.5) is 0 Å². The van der Waals surface area contributed by atoms with Gasteiger partial charge < -0.3 is 10.1 Å². The number of thioether (sulfide) groups is 1. The van der Waals surface area contributed by atoms with E-state index >= 15 is 0 Å². The van der Waals surface area contributed by atoms with Crippen molar-refractivity contribution in [2.45, 2.75) is 32.1 Å². The van der Waals surface area contributed by atoms with Crippen molar-refractivity contribution >= 4 is 11.8 Å². The maximum atomic E-state index is 5.15. The van der Waals surface area contributed by atoms with Crippen LogP contribution in [0.1, 0.15) is 32.1 Å². The molecule has 1 saturated carbocycles. The van der Waals surface area contributed by atoms with Gasteiger partial charge in [-0.25, -0.2) is 0 Å². The third-order valence-electron chi connectivity index (χ3n) is 3.25. The maximum Gasteiger partial charge on any atom is 0.0468 e. The smallest absolute Gasteiger partial charge is 0.0468 e. The lowest BCUT2D eigenvalue weighted by molar-refractivity contribution is 0.171. The van der Waals surface area contributed by atoms with E-state index in [9.17, 15) is 0 Å². The highest BCUT2D eigenvalue weighted by Gasteiger charge is 2.41. The maximum absolute atomic E-state index is 5.15. The van der Waals surface area contributed by atoms with E-state index in [2.05, 4.69) is 11.6 Å². The van der Waals surface area contributed by atoms with Gasteiger partial charge in [-0.05, 0) is 56.1 Å². The molecule has 0 unspecified atom stereocenters. The van der Waals surface area contributed by atoms with Crippen LogP contribution >= 0.6 is 11.8 Å². The summed E-state index contributed by atoms with van der Waals surface area (Å²) in [5.74, 6) is 1.30. The average Bonchev–Trinajstić information content (AvgIpc) is 3.01. The summed E-state index contributed by atoms with van der Waals surface area (Å²) in [4.78, 5) is 0. The highest BCUT2D eigenvalue weighted by molar-refractivity contribution is 7.98. The third kappa shape index (κ3) is 5.79. The first-order valence-electron chi connectivity index (χ1n) is 6.02. The summed E-state index contributed by atoms with van der Waals surface area (Å²) in [7, 11) is 1.80. The van der Waals surface area contributed by atoms with Crippen LogP contribution < -0.4 is 5.32 Å². The average molecular weight is 231 g/mol. The molecule has 0 heterocycles. The van der Waals surface area contributed by atoms with Crippen LogP contribution in [0.5, 0.6) is 0 Å². The molecule has 90 valence electrons. The van der Waals surface area contributed by atoms with E-state index in [4.69, 9.17) is 4.74 Å². The molecule has 1 fully saturated rings. The summed E-state index contributed by atoms with van der Waals surface area (Å²) < 4.78 is 5.15. The molecule has 0 amide bonds. The number of unbranched alkanes of at least 4 members (excludes halogenated alkanes) is 1. The molecule has 1 N–H and O–H groups in total. The Balaban J connectivity index is 1.90. The van der Waals surface area contributed by atoms with Crippen LogP contribution in [-0.2, 0) is 4.74 Å². The van der Waals surface area contributed by atoms with Crippen LogP contribution in [0.2, 0.25) is 0 Å². The molecule has 0 aliphatic heterocycles. The van der Waals surface area contributed by atoms with Gasteiger partial charge in [-0.1, -0.05) is 0 Å². The lowest BCUT2D eigenvalue weighted by Gasteiger charge is -2.15. The lowest BCUT2D eigenvalue weighted by Crippen LogP contribution is -2.26. The number of hydrogen-bond acceptors (Lipinski definition) is 3. The van der Waals surface area contributed by atoms with Crippen molar-refractivity contribution in [3.05, 3.63) is 0 Å². The van der Waals surface area contributed by atoms with Crippen LogP contribution in [0.3, 0.4) is 0 Å². The van der Waals surface area contributed by atoms with Crippen molar-refractivity contribution in [2.75, 3.05) is 38.8 Å². The van der Waals surface area contributed by atoms with Gasteiger partial charge in [0.05, 0.1) is 0 Å². The Morgan fingerprint density at radius 3 is 2.73 bits per heavy atom. The van der Waals surface area contributed by atoms with Crippen molar-refractivity contribution in [3.63, 3.8) is 0 Å². The molecule has 3 heteroatoms. The molecule has 0 radical (unpaired) electrons. The minimum Gasteiger partial charge on any atom is -0.385 e. The third-order valence-corrected chi connectivity index (χ3v) is 3.94. The monoisotopic (exact) mass is 231 g/mol. The Bertz CT molecular complexity index is 160. The largest absolute Gasteiger partial charge is 0.385 e. The van der Waals surface area contributed by atoms with Gasteiger partial charge in [-0.2, -0.15) is 11.8 Å². The standard InChI is InChI=1S/C12H25NOS/c1-14-9-7-12(5-6-12)11-13-8-3-4-10-15-2/h13H,3-11H2,1-2H3. The predicted molar refractivity (Wildman–Crippen MR) is 68.6 cm³/mol. The van der Waals surface area contributed by atoms with E-state index in [1.165, 1.54) is 50.9 Å². The summed E-state index contributed by atoms with van der Waals surface area (Å²) in [5, 5.41) is 3.59. The molecular weight excluding hydrogens is 206 g/mol. The van der Waals surface area contributed by atoms with Crippen molar-refractivity contribution < 1.29 is 4.74 Å². The zero-order chi connectivity index (χ0) is 11.0. The highest BCUT2D eigenvalue weighted by atomic mass is 32.2. The molecule has 0 aromatic carbocycles. The zero-order valence-electron chi connectivity index (χ0n) is 10.2. The second kappa shape index (κ2) is 7.53. The van der Waals surface area contributed by atoms with E-state index in [1.54, 1.807) is 7.11 Å². The van der Waals surface area contributed by atoms with Gasteiger partial charge in [0.2, 0.25) is 0 Å². The lowest BCUT2D eigenvalue weighted by atomic mass is 10.0. The van der Waals surface area contributed by atoms with Gasteiger partial charge in [-0.15, -0.1) is 0 Å². The number of methoxy groups -OCH3 is 1. The molecule has 15 heavy (non-hydrogen) atoms. The Morgan fingerprint density at radius 1 is 1.33 bits per heavy atom. The summed E-state index contributed by atoms with van der Waals surface area (Å²) in [6.45, 7) is 3.32. The fourth-order valence-electron chi connectivity index (χ4n) is 1.86. The normalized spacial score (nSPS) is 18.0. The van der Waals surface area contributed by atoms with Crippen molar-refractivity contribution in [3.8, 4) is 0 Å². The van der Waals surface area contributed by atoms with Crippen LogP contribution in [-0.4, -0.2) is 38.8 Å². The Labute approximate surface area is 98.5 Å². The molecule has 2 nitrogen and oxygen atoms in total. The fourth-order valence-corrected chi connectivity index (χ4v) is 2.35. The number of rotatable bonds is 10. The summed E-state index contributed by atoms with van der Waals surface area (Å²) in [6, 6.07) is 0. The first-order chi connectivity index (χ1) is 7.33. The molecule has 0 saturated heterocycles. The van der Waals surface area contributed by atoms with Crippen molar-refractivity contribution in [1.29, 1.82) is 0 Å². The molecule has 0 aromatic rings. The van der Waals surface area contributed by atoms with E-state index in [1.807, 2.05) is 11.8 Å². The van der Waals surface area contributed by atoms with Crippen LogP contribution in [0, 0.1) is 5.41 Å². The first-order valence-corrected chi connectivity index (χ1v) is 7.41. The van der Waals surface area contributed by atoms with Gasteiger partial charge in [0.25, 0.3) is 0 Å². The molecule has 1 aliphatic rings. The molecule has 1 aliphatic carbocycles. The Hall–Kier alpha value is 0.270. The molecule has 0 aromatic heterocycles. The van der Waals surface area contributed by atoms with Gasteiger partial charge in [-0.3, -0.25) is 0 Å². The zero-order valence-corrected chi connectivity index (χ0v) is 11.0. The summed E-state index contributed by atoms with van der Waals surface area (Å²) in [6.07, 6.45) is 8.88. The summed E-state index contributed by atoms with van der Waals surface area (Å²) >= 11 is 1.94. The van der Waals surface area contributed by atoms with Gasteiger partial charge in [0.15, 0.2) is 0 Å². The molecule has 0 spiro atoms. The molecule has 0 bridgehead atoms. The first kappa shape index (κ1) is 13.3. The molecule has 1 rings (SSSR count). The molecule has 0 atom stereocenters. The SMILES string of the molecule is COCCC1(CNCCCCSC)CC1. The van der Waals surface area contributed by atoms with Crippen molar-refractivity contribution in [1.82, 2.24) is 5.32 Å². The fraction of sp³-hybridized carbons (Fsp3) is 1.00. The predicted octanol–water partition coefficient (Wildman–Crippen LogP) is 2.54. The highest BCUT2D eigenvalue weighted by Crippen LogP contribution is 2.48.